The summed E-state index contributed by atoms with van der Waals surface area (Å²) in [5.41, 5.74) is 0.450. The Morgan fingerprint density at radius 1 is 1.23 bits per heavy atom. The standard InChI is InChI=1S/C21H24F3N3O3/c1-13-9-11-27(20(29)25-13)19-21(23,24)18(28)17(30-19)12-26-10-3-2-4-16(26)14-5-7-15(22)8-6-14/h5-9,11,16-19,28H,2-4,10,12H2,1H3/t16?,17-,18-,19-/m1/s1. The van der Waals surface area contributed by atoms with Gasteiger partial charge in [-0.3, -0.25) is 9.47 Å². The van der Waals surface area contributed by atoms with Gasteiger partial charge in [0, 0.05) is 24.5 Å². The fourth-order valence-corrected chi connectivity index (χ4v) is 4.30. The van der Waals surface area contributed by atoms with Crippen LogP contribution in [0.15, 0.2) is 41.3 Å². The summed E-state index contributed by atoms with van der Waals surface area (Å²) in [6, 6.07) is 7.51. The summed E-state index contributed by atoms with van der Waals surface area (Å²) in [4.78, 5) is 17.8. The largest absolute Gasteiger partial charge is 0.384 e. The second-order valence-corrected chi connectivity index (χ2v) is 7.96. The van der Waals surface area contributed by atoms with Crippen molar-refractivity contribution in [3.8, 4) is 0 Å². The number of piperidine rings is 1. The maximum absolute atomic E-state index is 14.8. The molecule has 0 saturated carbocycles. The molecule has 1 aromatic carbocycles. The smallest absolute Gasteiger partial charge is 0.350 e. The minimum atomic E-state index is -3.65. The van der Waals surface area contributed by atoms with Crippen molar-refractivity contribution in [2.75, 3.05) is 13.1 Å². The van der Waals surface area contributed by atoms with Gasteiger partial charge in [-0.25, -0.2) is 9.18 Å². The van der Waals surface area contributed by atoms with E-state index in [-0.39, 0.29) is 18.4 Å². The van der Waals surface area contributed by atoms with E-state index in [0.717, 1.165) is 29.4 Å². The molecular weight excluding hydrogens is 399 g/mol. The molecular formula is C21H24F3N3O3. The van der Waals surface area contributed by atoms with Gasteiger partial charge in [0.2, 0.25) is 6.23 Å². The number of hydrogen-bond donors (Lipinski definition) is 1. The zero-order valence-electron chi connectivity index (χ0n) is 16.5. The maximum Gasteiger partial charge on any atom is 0.350 e. The molecule has 30 heavy (non-hydrogen) atoms. The van der Waals surface area contributed by atoms with Gasteiger partial charge in [-0.15, -0.1) is 0 Å². The Hall–Kier alpha value is -2.23. The van der Waals surface area contributed by atoms with Crippen LogP contribution in [0.2, 0.25) is 0 Å². The Morgan fingerprint density at radius 3 is 2.67 bits per heavy atom. The average Bonchev–Trinajstić information content (AvgIpc) is 2.93. The first kappa shape index (κ1) is 21.0. The van der Waals surface area contributed by atoms with E-state index >= 15 is 0 Å². The van der Waals surface area contributed by atoms with Crippen molar-refractivity contribution in [1.82, 2.24) is 14.5 Å². The molecule has 2 aromatic rings. The summed E-state index contributed by atoms with van der Waals surface area (Å²) in [5.74, 6) is -3.98. The molecule has 9 heteroatoms. The first-order valence-corrected chi connectivity index (χ1v) is 10.0. The summed E-state index contributed by atoms with van der Waals surface area (Å²) < 4.78 is 49.2. The van der Waals surface area contributed by atoms with Crippen molar-refractivity contribution in [3.63, 3.8) is 0 Å². The van der Waals surface area contributed by atoms with Crippen LogP contribution in [-0.2, 0) is 4.74 Å². The van der Waals surface area contributed by atoms with Crippen molar-refractivity contribution in [2.24, 2.45) is 0 Å². The van der Waals surface area contributed by atoms with E-state index in [4.69, 9.17) is 4.74 Å². The lowest BCUT2D eigenvalue weighted by molar-refractivity contribution is -0.141. The number of aryl methyl sites for hydroxylation is 1. The van der Waals surface area contributed by atoms with Gasteiger partial charge in [-0.2, -0.15) is 13.8 Å². The minimum absolute atomic E-state index is 0.0728. The van der Waals surface area contributed by atoms with Gasteiger partial charge >= 0.3 is 11.6 Å². The Kier molecular flexibility index (Phi) is 5.69. The van der Waals surface area contributed by atoms with Crippen LogP contribution in [-0.4, -0.2) is 50.8 Å². The van der Waals surface area contributed by atoms with Crippen molar-refractivity contribution in [3.05, 3.63) is 64.1 Å². The highest BCUT2D eigenvalue weighted by Crippen LogP contribution is 2.43. The fourth-order valence-electron chi connectivity index (χ4n) is 4.30. The van der Waals surface area contributed by atoms with E-state index < -0.39 is 30.0 Å². The number of aromatic nitrogens is 2. The number of likely N-dealkylation sites (tertiary alicyclic amines) is 1. The van der Waals surface area contributed by atoms with E-state index in [2.05, 4.69) is 4.98 Å². The average molecular weight is 423 g/mol. The summed E-state index contributed by atoms with van der Waals surface area (Å²) in [5, 5.41) is 10.3. The predicted octanol–water partition coefficient (Wildman–Crippen LogP) is 2.81. The molecule has 2 saturated heterocycles. The zero-order chi connectivity index (χ0) is 21.5. The number of ether oxygens (including phenoxy) is 1. The van der Waals surface area contributed by atoms with Crippen LogP contribution >= 0.6 is 0 Å². The van der Waals surface area contributed by atoms with Gasteiger partial charge in [-0.1, -0.05) is 18.6 Å². The van der Waals surface area contributed by atoms with E-state index in [1.54, 1.807) is 19.1 Å². The topological polar surface area (TPSA) is 67.6 Å². The van der Waals surface area contributed by atoms with E-state index in [9.17, 15) is 23.1 Å². The van der Waals surface area contributed by atoms with Gasteiger partial charge in [0.1, 0.15) is 18.0 Å². The van der Waals surface area contributed by atoms with E-state index in [1.165, 1.54) is 24.4 Å². The van der Waals surface area contributed by atoms with E-state index in [1.807, 2.05) is 4.90 Å². The van der Waals surface area contributed by atoms with Crippen molar-refractivity contribution in [1.29, 1.82) is 0 Å². The number of halogens is 3. The molecule has 1 unspecified atom stereocenters. The lowest BCUT2D eigenvalue weighted by atomic mass is 9.94. The first-order valence-electron chi connectivity index (χ1n) is 10.0. The lowest BCUT2D eigenvalue weighted by Gasteiger charge is -2.37. The molecule has 0 bridgehead atoms. The number of alkyl halides is 2. The predicted molar refractivity (Wildman–Crippen MR) is 103 cm³/mol. The quantitative estimate of drug-likeness (QED) is 0.819. The zero-order valence-corrected chi connectivity index (χ0v) is 16.5. The maximum atomic E-state index is 14.8. The molecule has 162 valence electrons. The molecule has 1 N–H and O–H groups in total. The second kappa shape index (κ2) is 8.13. The van der Waals surface area contributed by atoms with Gasteiger partial charge in [0.05, 0.1) is 0 Å². The number of rotatable bonds is 4. The third kappa shape index (κ3) is 3.89. The molecule has 0 spiro atoms. The molecule has 4 rings (SSSR count). The van der Waals surface area contributed by atoms with Crippen LogP contribution in [0.4, 0.5) is 13.2 Å². The summed E-state index contributed by atoms with van der Waals surface area (Å²) in [7, 11) is 0. The molecule has 3 heterocycles. The lowest BCUT2D eigenvalue weighted by Crippen LogP contribution is -2.45. The number of hydrogen-bond acceptors (Lipinski definition) is 5. The van der Waals surface area contributed by atoms with Crippen LogP contribution in [0.25, 0.3) is 0 Å². The number of aliphatic hydroxyl groups is 1. The molecule has 2 aliphatic rings. The van der Waals surface area contributed by atoms with Crippen LogP contribution < -0.4 is 5.69 Å². The van der Waals surface area contributed by atoms with Gasteiger partial charge in [-0.05, 0) is 50.1 Å². The highest BCUT2D eigenvalue weighted by Gasteiger charge is 2.60. The molecule has 2 aliphatic heterocycles. The highest BCUT2D eigenvalue weighted by molar-refractivity contribution is 5.20. The van der Waals surface area contributed by atoms with Crippen molar-refractivity contribution >= 4 is 0 Å². The third-order valence-corrected chi connectivity index (χ3v) is 5.88. The van der Waals surface area contributed by atoms with Crippen molar-refractivity contribution in [2.45, 2.75) is 56.6 Å². The Balaban J connectivity index is 1.56. The SMILES string of the molecule is Cc1ccn([C@@H]2O[C@H](CN3CCCCC3c3ccc(F)cc3)[C@@H](O)C2(F)F)c(=O)n1. The Bertz CT molecular complexity index is 951. The van der Waals surface area contributed by atoms with E-state index in [0.29, 0.717) is 12.2 Å². The normalized spacial score (nSPS) is 29.2. The Labute approximate surface area is 171 Å². The number of benzene rings is 1. The molecule has 4 atom stereocenters. The summed E-state index contributed by atoms with van der Waals surface area (Å²) >= 11 is 0. The number of nitrogens with zero attached hydrogens (tertiary/aromatic N) is 3. The summed E-state index contributed by atoms with van der Waals surface area (Å²) in [6.07, 6.45) is -1.30. The van der Waals surface area contributed by atoms with Crippen LogP contribution in [0.1, 0.15) is 42.8 Å². The van der Waals surface area contributed by atoms with Gasteiger partial charge < -0.3 is 9.84 Å². The Morgan fingerprint density at radius 2 is 1.97 bits per heavy atom. The number of aliphatic hydroxyl groups excluding tert-OH is 1. The molecule has 1 aromatic heterocycles. The second-order valence-electron chi connectivity index (χ2n) is 7.96. The van der Waals surface area contributed by atoms with Gasteiger partial charge in [0.25, 0.3) is 0 Å². The first-order chi connectivity index (χ1) is 14.3. The van der Waals surface area contributed by atoms with Crippen molar-refractivity contribution < 1.29 is 23.0 Å². The third-order valence-electron chi connectivity index (χ3n) is 5.88. The fraction of sp³-hybridized carbons (Fsp3) is 0.524. The molecule has 6 nitrogen and oxygen atoms in total. The molecule has 2 fully saturated rings. The van der Waals surface area contributed by atoms with Crippen LogP contribution in [0.3, 0.4) is 0 Å². The highest BCUT2D eigenvalue weighted by atomic mass is 19.3. The monoisotopic (exact) mass is 423 g/mol. The van der Waals surface area contributed by atoms with Gasteiger partial charge in [0.15, 0.2) is 0 Å². The minimum Gasteiger partial charge on any atom is -0.384 e. The van der Waals surface area contributed by atoms with Crippen LogP contribution in [0.5, 0.6) is 0 Å². The van der Waals surface area contributed by atoms with Crippen LogP contribution in [0, 0.1) is 12.7 Å². The molecule has 0 amide bonds. The summed E-state index contributed by atoms with van der Waals surface area (Å²) in [6.45, 7) is 2.31. The molecule has 0 aliphatic carbocycles. The molecule has 0 radical (unpaired) electrons.